The van der Waals surface area contributed by atoms with E-state index < -0.39 is 11.6 Å². The molecule has 2 rings (SSSR count). The van der Waals surface area contributed by atoms with Crippen LogP contribution in [-0.2, 0) is 0 Å². The molecule has 16 heavy (non-hydrogen) atoms. The molecule has 1 saturated heterocycles. The summed E-state index contributed by atoms with van der Waals surface area (Å²) in [6, 6.07) is 3.63. The van der Waals surface area contributed by atoms with Gasteiger partial charge in [-0.1, -0.05) is 0 Å². The van der Waals surface area contributed by atoms with E-state index in [-0.39, 0.29) is 0 Å². The van der Waals surface area contributed by atoms with E-state index in [1.807, 2.05) is 0 Å². The van der Waals surface area contributed by atoms with Crippen LogP contribution in [0.5, 0.6) is 0 Å². The number of rotatable bonds is 3. The Bertz CT molecular complexity index is 349. The quantitative estimate of drug-likeness (QED) is 0.826. The van der Waals surface area contributed by atoms with Crippen molar-refractivity contribution in [3.05, 3.63) is 29.8 Å². The second-order valence-corrected chi connectivity index (χ2v) is 4.20. The van der Waals surface area contributed by atoms with Gasteiger partial charge in [0, 0.05) is 12.6 Å². The lowest BCUT2D eigenvalue weighted by Gasteiger charge is -2.23. The standard InChI is InChI=1S/C12H16F2N2/c13-10-1-2-12(11(14)7-10)16-8-9-3-5-15-6-4-9/h1-2,7,9,15-16H,3-6,8H2. The fourth-order valence-corrected chi connectivity index (χ4v) is 1.97. The number of hydrogen-bond acceptors (Lipinski definition) is 2. The minimum absolute atomic E-state index is 0.389. The molecular formula is C12H16F2N2. The van der Waals surface area contributed by atoms with Gasteiger partial charge < -0.3 is 10.6 Å². The first kappa shape index (κ1) is 11.3. The van der Waals surface area contributed by atoms with Crippen LogP contribution in [-0.4, -0.2) is 19.6 Å². The Labute approximate surface area is 94.0 Å². The first-order valence-corrected chi connectivity index (χ1v) is 5.65. The molecule has 1 aromatic carbocycles. The third kappa shape index (κ3) is 2.92. The molecule has 0 aromatic heterocycles. The van der Waals surface area contributed by atoms with E-state index in [9.17, 15) is 8.78 Å². The molecule has 2 N–H and O–H groups in total. The average Bonchev–Trinajstić information content (AvgIpc) is 2.29. The summed E-state index contributed by atoms with van der Waals surface area (Å²) in [5.41, 5.74) is 0.389. The van der Waals surface area contributed by atoms with Crippen molar-refractivity contribution in [1.82, 2.24) is 5.32 Å². The van der Waals surface area contributed by atoms with Crippen molar-refractivity contribution >= 4 is 5.69 Å². The fraction of sp³-hybridized carbons (Fsp3) is 0.500. The minimum Gasteiger partial charge on any atom is -0.382 e. The average molecular weight is 226 g/mol. The second-order valence-electron chi connectivity index (χ2n) is 4.20. The predicted molar refractivity (Wildman–Crippen MR) is 60.4 cm³/mol. The maximum absolute atomic E-state index is 13.3. The number of anilines is 1. The molecule has 0 atom stereocenters. The van der Waals surface area contributed by atoms with Gasteiger partial charge in [-0.2, -0.15) is 0 Å². The molecule has 4 heteroatoms. The monoisotopic (exact) mass is 226 g/mol. The summed E-state index contributed by atoms with van der Waals surface area (Å²) in [5.74, 6) is -0.482. The van der Waals surface area contributed by atoms with Gasteiger partial charge >= 0.3 is 0 Å². The van der Waals surface area contributed by atoms with Crippen LogP contribution >= 0.6 is 0 Å². The van der Waals surface area contributed by atoms with Crippen molar-refractivity contribution in [1.29, 1.82) is 0 Å². The van der Waals surface area contributed by atoms with Crippen LogP contribution in [0.4, 0.5) is 14.5 Å². The van der Waals surface area contributed by atoms with Crippen molar-refractivity contribution in [3.8, 4) is 0 Å². The van der Waals surface area contributed by atoms with Crippen LogP contribution in [0.15, 0.2) is 18.2 Å². The minimum atomic E-state index is -0.537. The van der Waals surface area contributed by atoms with E-state index in [1.165, 1.54) is 12.1 Å². The molecule has 1 fully saturated rings. The number of piperidine rings is 1. The van der Waals surface area contributed by atoms with Crippen molar-refractivity contribution < 1.29 is 8.78 Å². The van der Waals surface area contributed by atoms with Gasteiger partial charge in [0.15, 0.2) is 0 Å². The molecule has 0 aliphatic carbocycles. The van der Waals surface area contributed by atoms with Crippen molar-refractivity contribution in [2.75, 3.05) is 25.0 Å². The molecule has 1 aliphatic heterocycles. The summed E-state index contributed by atoms with van der Waals surface area (Å²) >= 11 is 0. The van der Waals surface area contributed by atoms with Gasteiger partial charge in [-0.15, -0.1) is 0 Å². The van der Waals surface area contributed by atoms with Crippen molar-refractivity contribution in [3.63, 3.8) is 0 Å². The lowest BCUT2D eigenvalue weighted by molar-refractivity contribution is 0.389. The predicted octanol–water partition coefficient (Wildman–Crippen LogP) is 2.38. The Kier molecular flexibility index (Phi) is 3.72. The maximum Gasteiger partial charge on any atom is 0.149 e. The summed E-state index contributed by atoms with van der Waals surface area (Å²) < 4.78 is 26.0. The molecule has 1 aromatic rings. The first-order chi connectivity index (χ1) is 7.75. The summed E-state index contributed by atoms with van der Waals surface area (Å²) in [4.78, 5) is 0. The molecule has 0 amide bonds. The summed E-state index contributed by atoms with van der Waals surface area (Å²) in [6.45, 7) is 2.81. The van der Waals surface area contributed by atoms with Crippen molar-refractivity contribution in [2.45, 2.75) is 12.8 Å². The maximum atomic E-state index is 13.3. The fourth-order valence-electron chi connectivity index (χ4n) is 1.97. The van der Waals surface area contributed by atoms with Crippen LogP contribution in [0.2, 0.25) is 0 Å². The largest absolute Gasteiger partial charge is 0.382 e. The summed E-state index contributed by atoms with van der Waals surface area (Å²) in [7, 11) is 0. The SMILES string of the molecule is Fc1ccc(NCC2CCNCC2)c(F)c1. The van der Waals surface area contributed by atoms with Crippen LogP contribution in [0, 0.1) is 17.6 Å². The zero-order valence-electron chi connectivity index (χ0n) is 9.10. The van der Waals surface area contributed by atoms with E-state index in [4.69, 9.17) is 0 Å². The molecule has 0 spiro atoms. The second kappa shape index (κ2) is 5.25. The first-order valence-electron chi connectivity index (χ1n) is 5.65. The molecule has 88 valence electrons. The van der Waals surface area contributed by atoms with Gasteiger partial charge in [0.05, 0.1) is 5.69 Å². The molecular weight excluding hydrogens is 210 g/mol. The Balaban J connectivity index is 1.88. The molecule has 1 aliphatic rings. The van der Waals surface area contributed by atoms with Crippen molar-refractivity contribution in [2.24, 2.45) is 5.92 Å². The highest BCUT2D eigenvalue weighted by atomic mass is 19.1. The Morgan fingerprint density at radius 3 is 2.69 bits per heavy atom. The summed E-state index contributed by atoms with van der Waals surface area (Å²) in [5, 5.41) is 6.32. The number of hydrogen-bond donors (Lipinski definition) is 2. The third-order valence-corrected chi connectivity index (χ3v) is 2.97. The van der Waals surface area contributed by atoms with E-state index in [0.29, 0.717) is 11.6 Å². The van der Waals surface area contributed by atoms with Gasteiger partial charge in [0.1, 0.15) is 11.6 Å². The van der Waals surface area contributed by atoms with Crippen LogP contribution in [0.3, 0.4) is 0 Å². The topological polar surface area (TPSA) is 24.1 Å². The molecule has 0 saturated carbocycles. The number of nitrogens with one attached hydrogen (secondary N) is 2. The lowest BCUT2D eigenvalue weighted by atomic mass is 9.98. The van der Waals surface area contributed by atoms with Gasteiger partial charge in [-0.3, -0.25) is 0 Å². The highest BCUT2D eigenvalue weighted by Gasteiger charge is 2.13. The van der Waals surface area contributed by atoms with Gasteiger partial charge in [0.2, 0.25) is 0 Å². The van der Waals surface area contributed by atoms with E-state index in [2.05, 4.69) is 10.6 Å². The number of halogens is 2. The summed E-state index contributed by atoms with van der Waals surface area (Å²) in [6.07, 6.45) is 2.21. The lowest BCUT2D eigenvalue weighted by Crippen LogP contribution is -2.31. The van der Waals surface area contributed by atoms with E-state index in [1.54, 1.807) is 0 Å². The Morgan fingerprint density at radius 2 is 2.00 bits per heavy atom. The van der Waals surface area contributed by atoms with E-state index >= 15 is 0 Å². The van der Waals surface area contributed by atoms with Gasteiger partial charge in [0.25, 0.3) is 0 Å². The highest BCUT2D eigenvalue weighted by Crippen LogP contribution is 2.17. The third-order valence-electron chi connectivity index (χ3n) is 2.97. The molecule has 1 heterocycles. The Hall–Kier alpha value is -1.16. The molecule has 0 bridgehead atoms. The molecule has 2 nitrogen and oxygen atoms in total. The zero-order valence-corrected chi connectivity index (χ0v) is 9.10. The smallest absolute Gasteiger partial charge is 0.149 e. The van der Waals surface area contributed by atoms with Gasteiger partial charge in [-0.25, -0.2) is 8.78 Å². The zero-order chi connectivity index (χ0) is 11.4. The molecule has 0 radical (unpaired) electrons. The highest BCUT2D eigenvalue weighted by molar-refractivity contribution is 5.44. The van der Waals surface area contributed by atoms with Gasteiger partial charge in [-0.05, 0) is 44.0 Å². The molecule has 0 unspecified atom stereocenters. The van der Waals surface area contributed by atoms with Crippen LogP contribution in [0.25, 0.3) is 0 Å². The van der Waals surface area contributed by atoms with E-state index in [0.717, 1.165) is 38.5 Å². The van der Waals surface area contributed by atoms with Crippen LogP contribution < -0.4 is 10.6 Å². The van der Waals surface area contributed by atoms with Crippen LogP contribution in [0.1, 0.15) is 12.8 Å². The normalized spacial score (nSPS) is 17.4. The Morgan fingerprint density at radius 1 is 1.25 bits per heavy atom. The number of benzene rings is 1.